The third kappa shape index (κ3) is 3.85. The van der Waals surface area contributed by atoms with Crippen LogP contribution < -0.4 is 5.32 Å². The molecular formula is C15H25NO2. The Hall–Kier alpha value is -0.800. The second kappa shape index (κ2) is 6.39. The minimum Gasteiger partial charge on any atom is -0.469 e. The van der Waals surface area contributed by atoms with Crippen LogP contribution in [0.2, 0.25) is 0 Å². The van der Waals surface area contributed by atoms with Gasteiger partial charge in [-0.1, -0.05) is 13.8 Å². The first-order chi connectivity index (χ1) is 8.70. The highest BCUT2D eigenvalue weighted by atomic mass is 16.5. The van der Waals surface area contributed by atoms with E-state index in [0.717, 1.165) is 44.9 Å². The van der Waals surface area contributed by atoms with Gasteiger partial charge in [0.25, 0.3) is 0 Å². The largest absolute Gasteiger partial charge is 0.469 e. The summed E-state index contributed by atoms with van der Waals surface area (Å²) in [6.07, 6.45) is 5.11. The summed E-state index contributed by atoms with van der Waals surface area (Å²) in [6, 6.07) is 4.03. The number of hydrogen-bond acceptors (Lipinski definition) is 3. The van der Waals surface area contributed by atoms with Gasteiger partial charge in [-0.05, 0) is 37.4 Å². The SMILES string of the molecule is CC(C)CNCC1(Cc2ccco2)CCCOC1. The molecule has 102 valence electrons. The Bertz CT molecular complexity index is 326. The van der Waals surface area contributed by atoms with Gasteiger partial charge in [-0.2, -0.15) is 0 Å². The molecule has 1 aromatic heterocycles. The fraction of sp³-hybridized carbons (Fsp3) is 0.733. The molecule has 3 nitrogen and oxygen atoms in total. The maximum Gasteiger partial charge on any atom is 0.104 e. The molecule has 1 fully saturated rings. The molecule has 1 atom stereocenters. The van der Waals surface area contributed by atoms with Crippen molar-refractivity contribution in [1.82, 2.24) is 5.32 Å². The topological polar surface area (TPSA) is 34.4 Å². The molecule has 1 aliphatic heterocycles. The molecule has 3 heteroatoms. The van der Waals surface area contributed by atoms with Gasteiger partial charge in [-0.25, -0.2) is 0 Å². The van der Waals surface area contributed by atoms with Gasteiger partial charge in [-0.15, -0.1) is 0 Å². The maximum absolute atomic E-state index is 5.71. The molecule has 2 heterocycles. The van der Waals surface area contributed by atoms with Gasteiger partial charge < -0.3 is 14.5 Å². The Balaban J connectivity index is 1.94. The minimum atomic E-state index is 0.213. The lowest BCUT2D eigenvalue weighted by Gasteiger charge is -2.37. The quantitative estimate of drug-likeness (QED) is 0.844. The molecule has 1 aliphatic rings. The Kier molecular flexibility index (Phi) is 4.84. The van der Waals surface area contributed by atoms with Gasteiger partial charge in [-0.3, -0.25) is 0 Å². The van der Waals surface area contributed by atoms with E-state index in [1.165, 1.54) is 6.42 Å². The number of nitrogens with one attached hydrogen (secondary N) is 1. The average Bonchev–Trinajstić information content (AvgIpc) is 2.82. The maximum atomic E-state index is 5.71. The fourth-order valence-electron chi connectivity index (χ4n) is 2.66. The first-order valence-corrected chi connectivity index (χ1v) is 7.01. The number of ether oxygens (including phenoxy) is 1. The van der Waals surface area contributed by atoms with Crippen molar-refractivity contribution in [2.45, 2.75) is 33.1 Å². The lowest BCUT2D eigenvalue weighted by atomic mass is 9.78. The van der Waals surface area contributed by atoms with Crippen molar-refractivity contribution in [2.24, 2.45) is 11.3 Å². The predicted octanol–water partition coefficient (Wildman–Crippen LogP) is 2.86. The van der Waals surface area contributed by atoms with E-state index in [-0.39, 0.29) is 5.41 Å². The van der Waals surface area contributed by atoms with Crippen LogP contribution in [0.3, 0.4) is 0 Å². The average molecular weight is 251 g/mol. The van der Waals surface area contributed by atoms with Crippen molar-refractivity contribution >= 4 is 0 Å². The predicted molar refractivity (Wildman–Crippen MR) is 72.6 cm³/mol. The standard InChI is InChI=1S/C15H25NO2/c1-13(2)10-16-11-15(6-4-7-17-12-15)9-14-5-3-8-18-14/h3,5,8,13,16H,4,6-7,9-12H2,1-2H3. The van der Waals surface area contributed by atoms with Crippen LogP contribution in [-0.4, -0.2) is 26.3 Å². The Morgan fingerprint density at radius 2 is 2.33 bits per heavy atom. The van der Waals surface area contributed by atoms with E-state index in [4.69, 9.17) is 9.15 Å². The molecule has 0 radical (unpaired) electrons. The zero-order valence-corrected chi connectivity index (χ0v) is 11.6. The van der Waals surface area contributed by atoms with Crippen molar-refractivity contribution in [3.05, 3.63) is 24.2 Å². The van der Waals surface area contributed by atoms with Crippen LogP contribution in [0.4, 0.5) is 0 Å². The van der Waals surface area contributed by atoms with Crippen LogP contribution in [0.5, 0.6) is 0 Å². The van der Waals surface area contributed by atoms with Gasteiger partial charge in [0.05, 0.1) is 12.9 Å². The van der Waals surface area contributed by atoms with Crippen molar-refractivity contribution in [3.63, 3.8) is 0 Å². The van der Waals surface area contributed by atoms with Crippen molar-refractivity contribution < 1.29 is 9.15 Å². The Labute approximate surface area is 110 Å². The molecule has 18 heavy (non-hydrogen) atoms. The zero-order valence-electron chi connectivity index (χ0n) is 11.6. The summed E-state index contributed by atoms with van der Waals surface area (Å²) in [5.74, 6) is 1.77. The molecule has 1 aromatic rings. The van der Waals surface area contributed by atoms with E-state index in [1.807, 2.05) is 6.07 Å². The summed E-state index contributed by atoms with van der Waals surface area (Å²) in [6.45, 7) is 8.32. The second-order valence-corrected chi connectivity index (χ2v) is 5.94. The van der Waals surface area contributed by atoms with E-state index in [2.05, 4.69) is 25.2 Å². The van der Waals surface area contributed by atoms with Crippen molar-refractivity contribution in [3.8, 4) is 0 Å². The van der Waals surface area contributed by atoms with Gasteiger partial charge in [0, 0.05) is 25.0 Å². The molecule has 1 N–H and O–H groups in total. The smallest absolute Gasteiger partial charge is 0.104 e. The zero-order chi connectivity index (χ0) is 12.8. The summed E-state index contributed by atoms with van der Waals surface area (Å²) >= 11 is 0. The highest BCUT2D eigenvalue weighted by molar-refractivity contribution is 5.03. The number of furan rings is 1. The van der Waals surface area contributed by atoms with Gasteiger partial charge in [0.1, 0.15) is 5.76 Å². The lowest BCUT2D eigenvalue weighted by Crippen LogP contribution is -2.43. The van der Waals surface area contributed by atoms with Gasteiger partial charge in [0.15, 0.2) is 0 Å². The van der Waals surface area contributed by atoms with Crippen LogP contribution >= 0.6 is 0 Å². The first kappa shape index (κ1) is 13.6. The second-order valence-electron chi connectivity index (χ2n) is 5.94. The number of hydrogen-bond donors (Lipinski definition) is 1. The van der Waals surface area contributed by atoms with Gasteiger partial charge in [0.2, 0.25) is 0 Å². The van der Waals surface area contributed by atoms with Crippen LogP contribution in [0.25, 0.3) is 0 Å². The summed E-state index contributed by atoms with van der Waals surface area (Å²) in [4.78, 5) is 0. The molecule has 0 saturated carbocycles. The summed E-state index contributed by atoms with van der Waals surface area (Å²) in [5, 5.41) is 3.59. The van der Waals surface area contributed by atoms with E-state index in [0.29, 0.717) is 5.92 Å². The molecule has 1 saturated heterocycles. The number of rotatable bonds is 6. The van der Waals surface area contributed by atoms with Crippen LogP contribution in [0, 0.1) is 11.3 Å². The first-order valence-electron chi connectivity index (χ1n) is 7.01. The third-order valence-electron chi connectivity index (χ3n) is 3.59. The molecule has 1 unspecified atom stereocenters. The van der Waals surface area contributed by atoms with Crippen LogP contribution in [0.15, 0.2) is 22.8 Å². The minimum absolute atomic E-state index is 0.213. The van der Waals surface area contributed by atoms with E-state index < -0.39 is 0 Å². The highest BCUT2D eigenvalue weighted by Gasteiger charge is 2.33. The van der Waals surface area contributed by atoms with Crippen LogP contribution in [0.1, 0.15) is 32.4 Å². The highest BCUT2D eigenvalue weighted by Crippen LogP contribution is 2.32. The van der Waals surface area contributed by atoms with Gasteiger partial charge >= 0.3 is 0 Å². The Morgan fingerprint density at radius 3 is 2.94 bits per heavy atom. The van der Waals surface area contributed by atoms with E-state index in [1.54, 1.807) is 6.26 Å². The molecule has 0 bridgehead atoms. The van der Waals surface area contributed by atoms with Crippen LogP contribution in [-0.2, 0) is 11.2 Å². The molecule has 2 rings (SSSR count). The molecule has 0 aliphatic carbocycles. The summed E-state index contributed by atoms with van der Waals surface area (Å²) in [5.41, 5.74) is 0.213. The Morgan fingerprint density at radius 1 is 1.44 bits per heavy atom. The summed E-state index contributed by atoms with van der Waals surface area (Å²) in [7, 11) is 0. The van der Waals surface area contributed by atoms with E-state index in [9.17, 15) is 0 Å². The third-order valence-corrected chi connectivity index (χ3v) is 3.59. The van der Waals surface area contributed by atoms with E-state index >= 15 is 0 Å². The molecule has 0 aromatic carbocycles. The molecule has 0 spiro atoms. The summed E-state index contributed by atoms with van der Waals surface area (Å²) < 4.78 is 11.2. The fourth-order valence-corrected chi connectivity index (χ4v) is 2.66. The monoisotopic (exact) mass is 251 g/mol. The lowest BCUT2D eigenvalue weighted by molar-refractivity contribution is -0.00982. The molecule has 0 amide bonds. The molecular weight excluding hydrogens is 226 g/mol. The van der Waals surface area contributed by atoms with Crippen molar-refractivity contribution in [1.29, 1.82) is 0 Å². The van der Waals surface area contributed by atoms with Crippen molar-refractivity contribution in [2.75, 3.05) is 26.3 Å². The normalized spacial score (nSPS) is 24.6.